The maximum atomic E-state index is 12.7. The number of sulfonamides is 1. The minimum atomic E-state index is -3.73. The van der Waals surface area contributed by atoms with Crippen molar-refractivity contribution >= 4 is 50.5 Å². The lowest BCUT2D eigenvalue weighted by Crippen LogP contribution is -2.45. The minimum absolute atomic E-state index is 0.208. The molecule has 0 saturated carbocycles. The third kappa shape index (κ3) is 4.90. The summed E-state index contributed by atoms with van der Waals surface area (Å²) in [6.45, 7) is 5.36. The summed E-state index contributed by atoms with van der Waals surface area (Å²) < 4.78 is 25.6. The average molecular weight is 415 g/mol. The van der Waals surface area contributed by atoms with E-state index in [4.69, 9.17) is 23.2 Å². The van der Waals surface area contributed by atoms with Crippen LogP contribution in [-0.4, -0.2) is 26.6 Å². The molecular weight excluding hydrogens is 395 g/mol. The SMILES string of the molecule is Cc1cc(C)cc(NC(=O)C(C)N(c2ccc(Cl)c(Cl)c2)S(C)(=O)=O)c1. The van der Waals surface area contributed by atoms with E-state index in [2.05, 4.69) is 5.32 Å². The maximum absolute atomic E-state index is 12.7. The van der Waals surface area contributed by atoms with Crippen molar-refractivity contribution in [2.24, 2.45) is 0 Å². The molecule has 0 aliphatic heterocycles. The fourth-order valence-electron chi connectivity index (χ4n) is 2.72. The van der Waals surface area contributed by atoms with E-state index in [0.29, 0.717) is 10.7 Å². The van der Waals surface area contributed by atoms with Gasteiger partial charge in [-0.3, -0.25) is 9.10 Å². The summed E-state index contributed by atoms with van der Waals surface area (Å²) in [4.78, 5) is 12.7. The van der Waals surface area contributed by atoms with Gasteiger partial charge in [-0.05, 0) is 62.2 Å². The van der Waals surface area contributed by atoms with Gasteiger partial charge in [-0.2, -0.15) is 0 Å². The molecule has 5 nitrogen and oxygen atoms in total. The quantitative estimate of drug-likeness (QED) is 0.787. The molecule has 0 fully saturated rings. The number of hydrogen-bond donors (Lipinski definition) is 1. The van der Waals surface area contributed by atoms with Gasteiger partial charge in [-0.15, -0.1) is 0 Å². The highest BCUT2D eigenvalue weighted by Gasteiger charge is 2.29. The largest absolute Gasteiger partial charge is 0.324 e. The highest BCUT2D eigenvalue weighted by molar-refractivity contribution is 7.92. The van der Waals surface area contributed by atoms with Crippen LogP contribution in [0.15, 0.2) is 36.4 Å². The second kappa shape index (κ2) is 7.86. The van der Waals surface area contributed by atoms with Crippen LogP contribution in [0.2, 0.25) is 10.0 Å². The number of anilines is 2. The van der Waals surface area contributed by atoms with Crippen molar-refractivity contribution in [2.75, 3.05) is 15.9 Å². The normalized spacial score (nSPS) is 12.5. The molecule has 1 N–H and O–H groups in total. The van der Waals surface area contributed by atoms with Crippen LogP contribution in [-0.2, 0) is 14.8 Å². The third-order valence-corrected chi connectivity index (χ3v) is 5.72. The summed E-state index contributed by atoms with van der Waals surface area (Å²) in [6, 6.07) is 9.07. The Morgan fingerprint density at radius 3 is 2.12 bits per heavy atom. The van der Waals surface area contributed by atoms with E-state index in [0.717, 1.165) is 21.7 Å². The van der Waals surface area contributed by atoms with Gasteiger partial charge in [0.15, 0.2) is 0 Å². The molecular formula is C18H20Cl2N2O3S. The van der Waals surface area contributed by atoms with E-state index in [1.807, 2.05) is 32.0 Å². The number of aryl methyl sites for hydroxylation is 2. The van der Waals surface area contributed by atoms with E-state index in [9.17, 15) is 13.2 Å². The molecule has 26 heavy (non-hydrogen) atoms. The zero-order valence-corrected chi connectivity index (χ0v) is 17.2. The summed E-state index contributed by atoms with van der Waals surface area (Å²) in [5, 5.41) is 3.28. The van der Waals surface area contributed by atoms with Crippen molar-refractivity contribution in [3.05, 3.63) is 57.6 Å². The first kappa shape index (κ1) is 20.6. The number of nitrogens with one attached hydrogen (secondary N) is 1. The van der Waals surface area contributed by atoms with Crippen LogP contribution in [0.25, 0.3) is 0 Å². The zero-order chi connectivity index (χ0) is 19.6. The van der Waals surface area contributed by atoms with Crippen LogP contribution in [0.5, 0.6) is 0 Å². The molecule has 0 bridgehead atoms. The number of halogens is 2. The van der Waals surface area contributed by atoms with Gasteiger partial charge in [0, 0.05) is 5.69 Å². The number of amides is 1. The number of carbonyl (C=O) groups is 1. The van der Waals surface area contributed by atoms with Crippen LogP contribution < -0.4 is 9.62 Å². The van der Waals surface area contributed by atoms with E-state index in [1.165, 1.54) is 25.1 Å². The first-order chi connectivity index (χ1) is 12.0. The highest BCUT2D eigenvalue weighted by atomic mass is 35.5. The van der Waals surface area contributed by atoms with Crippen LogP contribution >= 0.6 is 23.2 Å². The van der Waals surface area contributed by atoms with E-state index in [1.54, 1.807) is 0 Å². The molecule has 140 valence electrons. The lowest BCUT2D eigenvalue weighted by atomic mass is 10.1. The summed E-state index contributed by atoms with van der Waals surface area (Å²) in [5.74, 6) is -0.452. The summed E-state index contributed by atoms with van der Waals surface area (Å²) in [5.41, 5.74) is 2.88. The van der Waals surface area contributed by atoms with Crippen LogP contribution in [0, 0.1) is 13.8 Å². The standard InChI is InChI=1S/C18H20Cl2N2O3S/c1-11-7-12(2)9-14(8-11)21-18(23)13(3)22(26(4,24)25)15-5-6-16(19)17(20)10-15/h5-10,13H,1-4H3,(H,21,23). The second-order valence-corrected chi connectivity index (χ2v) is 8.87. The molecule has 0 heterocycles. The lowest BCUT2D eigenvalue weighted by Gasteiger charge is -2.28. The Morgan fingerprint density at radius 2 is 1.62 bits per heavy atom. The number of nitrogens with zero attached hydrogens (tertiary/aromatic N) is 1. The van der Waals surface area contributed by atoms with Gasteiger partial charge in [0.05, 0.1) is 22.0 Å². The predicted molar refractivity (Wildman–Crippen MR) is 108 cm³/mol. The number of rotatable bonds is 5. The average Bonchev–Trinajstić information content (AvgIpc) is 2.48. The molecule has 0 aliphatic carbocycles. The number of carbonyl (C=O) groups excluding carboxylic acids is 1. The van der Waals surface area contributed by atoms with Crippen molar-refractivity contribution in [3.8, 4) is 0 Å². The van der Waals surface area contributed by atoms with E-state index >= 15 is 0 Å². The summed E-state index contributed by atoms with van der Waals surface area (Å²) in [6.07, 6.45) is 1.04. The molecule has 0 aromatic heterocycles. The van der Waals surface area contributed by atoms with Crippen molar-refractivity contribution in [1.82, 2.24) is 0 Å². The molecule has 2 rings (SSSR count). The molecule has 8 heteroatoms. The smallest absolute Gasteiger partial charge is 0.247 e. The van der Waals surface area contributed by atoms with E-state index < -0.39 is 22.0 Å². The molecule has 1 atom stereocenters. The molecule has 2 aromatic carbocycles. The molecule has 2 aromatic rings. The summed E-state index contributed by atoms with van der Waals surface area (Å²) in [7, 11) is -3.73. The zero-order valence-electron chi connectivity index (χ0n) is 14.9. The van der Waals surface area contributed by atoms with Gasteiger partial charge < -0.3 is 5.32 Å². The molecule has 0 spiro atoms. The molecule has 0 radical (unpaired) electrons. The van der Waals surface area contributed by atoms with Crippen molar-refractivity contribution in [2.45, 2.75) is 26.8 Å². The van der Waals surface area contributed by atoms with Crippen molar-refractivity contribution < 1.29 is 13.2 Å². The Kier molecular flexibility index (Phi) is 6.21. The first-order valence-electron chi connectivity index (χ1n) is 7.82. The number of benzene rings is 2. The fourth-order valence-corrected chi connectivity index (χ4v) is 4.18. The van der Waals surface area contributed by atoms with Crippen molar-refractivity contribution in [1.29, 1.82) is 0 Å². The van der Waals surface area contributed by atoms with Gasteiger partial charge >= 0.3 is 0 Å². The van der Waals surface area contributed by atoms with Gasteiger partial charge in [-0.1, -0.05) is 29.3 Å². The summed E-state index contributed by atoms with van der Waals surface area (Å²) >= 11 is 11.9. The Labute approximate surface area is 164 Å². The molecule has 0 aliphatic rings. The molecule has 1 unspecified atom stereocenters. The minimum Gasteiger partial charge on any atom is -0.324 e. The van der Waals surface area contributed by atoms with Crippen LogP contribution in [0.3, 0.4) is 0 Å². The number of hydrogen-bond acceptors (Lipinski definition) is 3. The lowest BCUT2D eigenvalue weighted by molar-refractivity contribution is -0.116. The third-order valence-electron chi connectivity index (χ3n) is 3.74. The van der Waals surface area contributed by atoms with Gasteiger partial charge in [0.25, 0.3) is 0 Å². The van der Waals surface area contributed by atoms with Crippen LogP contribution in [0.1, 0.15) is 18.1 Å². The Hall–Kier alpha value is -1.76. The maximum Gasteiger partial charge on any atom is 0.247 e. The molecule has 1 amide bonds. The van der Waals surface area contributed by atoms with Gasteiger partial charge in [-0.25, -0.2) is 8.42 Å². The van der Waals surface area contributed by atoms with Crippen LogP contribution in [0.4, 0.5) is 11.4 Å². The molecule has 0 saturated heterocycles. The second-order valence-electron chi connectivity index (χ2n) is 6.20. The first-order valence-corrected chi connectivity index (χ1v) is 10.4. The topological polar surface area (TPSA) is 66.5 Å². The Balaban J connectivity index is 2.35. The fraction of sp³-hybridized carbons (Fsp3) is 0.278. The van der Waals surface area contributed by atoms with E-state index in [-0.39, 0.29) is 10.7 Å². The Morgan fingerprint density at radius 1 is 1.04 bits per heavy atom. The highest BCUT2D eigenvalue weighted by Crippen LogP contribution is 2.30. The predicted octanol–water partition coefficient (Wildman–Crippen LogP) is 4.40. The monoisotopic (exact) mass is 414 g/mol. The van der Waals surface area contributed by atoms with Gasteiger partial charge in [0.1, 0.15) is 6.04 Å². The Bertz CT molecular complexity index is 925. The van der Waals surface area contributed by atoms with Crippen molar-refractivity contribution in [3.63, 3.8) is 0 Å². The van der Waals surface area contributed by atoms with Gasteiger partial charge in [0.2, 0.25) is 15.9 Å².